The highest BCUT2D eigenvalue weighted by Crippen LogP contribution is 2.24. The number of anilines is 1. The average Bonchev–Trinajstić information content (AvgIpc) is 2.68. The summed E-state index contributed by atoms with van der Waals surface area (Å²) in [5, 5.41) is 2.79. The van der Waals surface area contributed by atoms with Crippen LogP contribution in [-0.2, 0) is 14.8 Å². The molecular weight excluding hydrogens is 388 g/mol. The molecule has 0 spiro atoms. The molecule has 0 aliphatic carbocycles. The van der Waals surface area contributed by atoms with Crippen molar-refractivity contribution >= 4 is 21.6 Å². The fourth-order valence-corrected chi connectivity index (χ4v) is 4.65. The van der Waals surface area contributed by atoms with Crippen molar-refractivity contribution in [2.75, 3.05) is 25.0 Å². The number of nitrogens with zero attached hydrogens (tertiary/aromatic N) is 1. The molecule has 0 bridgehead atoms. The van der Waals surface area contributed by atoms with Crippen molar-refractivity contribution in [3.8, 4) is 5.75 Å². The predicted molar refractivity (Wildman–Crippen MR) is 116 cm³/mol. The molecule has 0 aliphatic rings. The van der Waals surface area contributed by atoms with Crippen LogP contribution in [0.25, 0.3) is 0 Å². The molecule has 0 aliphatic heterocycles. The Morgan fingerprint density at radius 3 is 2.31 bits per heavy atom. The van der Waals surface area contributed by atoms with E-state index in [2.05, 4.69) is 5.32 Å². The fraction of sp³-hybridized carbons (Fsp3) is 0.409. The van der Waals surface area contributed by atoms with Crippen LogP contribution in [0.4, 0.5) is 5.69 Å². The summed E-state index contributed by atoms with van der Waals surface area (Å²) >= 11 is 0. The Kier molecular flexibility index (Phi) is 8.22. The van der Waals surface area contributed by atoms with Gasteiger partial charge in [-0.2, -0.15) is 4.31 Å². The number of sulfonamides is 1. The maximum absolute atomic E-state index is 12.8. The van der Waals surface area contributed by atoms with Crippen molar-refractivity contribution < 1.29 is 17.9 Å². The van der Waals surface area contributed by atoms with Crippen LogP contribution in [0.2, 0.25) is 0 Å². The third kappa shape index (κ3) is 6.30. The van der Waals surface area contributed by atoms with Gasteiger partial charge >= 0.3 is 0 Å². The Hall–Kier alpha value is -2.38. The lowest BCUT2D eigenvalue weighted by atomic mass is 10.2. The van der Waals surface area contributed by atoms with E-state index in [1.807, 2.05) is 31.2 Å². The van der Waals surface area contributed by atoms with Crippen LogP contribution >= 0.6 is 0 Å². The standard InChI is InChI=1S/C22H30N2O4S/c1-5-24(6-2)29(26,27)21-16-19(12-11-18(21)4)23-22(25)8-7-15-28-20-13-9-17(3)10-14-20/h9-14,16H,5-8,15H2,1-4H3,(H,23,25). The van der Waals surface area contributed by atoms with Crippen LogP contribution in [0.1, 0.15) is 37.8 Å². The topological polar surface area (TPSA) is 75.7 Å². The minimum Gasteiger partial charge on any atom is -0.494 e. The third-order valence-corrected chi connectivity index (χ3v) is 6.82. The smallest absolute Gasteiger partial charge is 0.243 e. The van der Waals surface area contributed by atoms with Crippen LogP contribution in [0.15, 0.2) is 47.4 Å². The second-order valence-electron chi connectivity index (χ2n) is 6.88. The first-order valence-electron chi connectivity index (χ1n) is 9.88. The maximum atomic E-state index is 12.8. The lowest BCUT2D eigenvalue weighted by molar-refractivity contribution is -0.116. The number of benzene rings is 2. The molecule has 1 N–H and O–H groups in total. The number of hydrogen-bond donors (Lipinski definition) is 1. The number of rotatable bonds is 10. The second kappa shape index (κ2) is 10.4. The molecule has 2 rings (SSSR count). The van der Waals surface area contributed by atoms with E-state index in [0.29, 0.717) is 37.4 Å². The lowest BCUT2D eigenvalue weighted by Gasteiger charge is -2.20. The van der Waals surface area contributed by atoms with E-state index in [-0.39, 0.29) is 17.2 Å². The Bertz CT molecular complexity index is 920. The summed E-state index contributed by atoms with van der Waals surface area (Å²) in [5.41, 5.74) is 2.30. The number of nitrogens with one attached hydrogen (secondary N) is 1. The second-order valence-corrected chi connectivity index (χ2v) is 8.79. The van der Waals surface area contributed by atoms with E-state index < -0.39 is 10.0 Å². The number of carbonyl (C=O) groups is 1. The molecule has 29 heavy (non-hydrogen) atoms. The van der Waals surface area contributed by atoms with Crippen molar-refractivity contribution in [3.05, 3.63) is 53.6 Å². The zero-order valence-corrected chi connectivity index (χ0v) is 18.4. The van der Waals surface area contributed by atoms with Gasteiger partial charge < -0.3 is 10.1 Å². The molecule has 1 amide bonds. The molecule has 0 radical (unpaired) electrons. The van der Waals surface area contributed by atoms with E-state index in [0.717, 1.165) is 11.3 Å². The molecule has 2 aromatic carbocycles. The van der Waals surface area contributed by atoms with Crippen LogP contribution in [0.5, 0.6) is 5.75 Å². The van der Waals surface area contributed by atoms with Gasteiger partial charge in [0.1, 0.15) is 5.75 Å². The highest BCUT2D eigenvalue weighted by atomic mass is 32.2. The molecule has 158 valence electrons. The first-order valence-corrected chi connectivity index (χ1v) is 11.3. The Balaban J connectivity index is 1.94. The van der Waals surface area contributed by atoms with Gasteiger partial charge in [-0.05, 0) is 50.1 Å². The maximum Gasteiger partial charge on any atom is 0.243 e. The molecule has 0 saturated carbocycles. The fourth-order valence-electron chi connectivity index (χ4n) is 2.94. The zero-order chi connectivity index (χ0) is 21.4. The summed E-state index contributed by atoms with van der Waals surface area (Å²) in [7, 11) is -3.58. The summed E-state index contributed by atoms with van der Waals surface area (Å²) in [5.74, 6) is 0.605. The highest BCUT2D eigenvalue weighted by molar-refractivity contribution is 7.89. The van der Waals surface area contributed by atoms with E-state index in [4.69, 9.17) is 4.74 Å². The van der Waals surface area contributed by atoms with E-state index in [1.54, 1.807) is 32.9 Å². The van der Waals surface area contributed by atoms with E-state index in [9.17, 15) is 13.2 Å². The van der Waals surface area contributed by atoms with Gasteiger partial charge in [0.25, 0.3) is 0 Å². The van der Waals surface area contributed by atoms with Gasteiger partial charge in [0.2, 0.25) is 15.9 Å². The van der Waals surface area contributed by atoms with E-state index in [1.165, 1.54) is 10.4 Å². The summed E-state index contributed by atoms with van der Waals surface area (Å²) in [4.78, 5) is 12.5. The summed E-state index contributed by atoms with van der Waals surface area (Å²) < 4.78 is 32.7. The zero-order valence-electron chi connectivity index (χ0n) is 17.6. The van der Waals surface area contributed by atoms with Gasteiger partial charge in [0, 0.05) is 25.2 Å². The van der Waals surface area contributed by atoms with Gasteiger partial charge in [-0.3, -0.25) is 4.79 Å². The Morgan fingerprint density at radius 2 is 1.69 bits per heavy atom. The van der Waals surface area contributed by atoms with Crippen LogP contribution in [-0.4, -0.2) is 38.3 Å². The van der Waals surface area contributed by atoms with Gasteiger partial charge in [0.05, 0.1) is 11.5 Å². The van der Waals surface area contributed by atoms with Crippen molar-refractivity contribution in [2.45, 2.75) is 45.4 Å². The summed E-state index contributed by atoms with van der Waals surface area (Å²) in [6.45, 7) is 8.61. The minimum absolute atomic E-state index is 0.174. The van der Waals surface area contributed by atoms with Crippen molar-refractivity contribution in [2.24, 2.45) is 0 Å². The number of amides is 1. The normalized spacial score (nSPS) is 11.5. The van der Waals surface area contributed by atoms with Gasteiger partial charge in [-0.1, -0.05) is 37.6 Å². The molecular formula is C22H30N2O4S. The predicted octanol–water partition coefficient (Wildman–Crippen LogP) is 4.13. The highest BCUT2D eigenvalue weighted by Gasteiger charge is 2.24. The first kappa shape index (κ1) is 22.9. The molecule has 0 saturated heterocycles. The number of carbonyl (C=O) groups excluding carboxylic acids is 1. The van der Waals surface area contributed by atoms with Gasteiger partial charge in [-0.25, -0.2) is 8.42 Å². The Morgan fingerprint density at radius 1 is 1.03 bits per heavy atom. The summed E-state index contributed by atoms with van der Waals surface area (Å²) in [6.07, 6.45) is 0.855. The Labute approximate surface area is 173 Å². The average molecular weight is 419 g/mol. The summed E-state index contributed by atoms with van der Waals surface area (Å²) in [6, 6.07) is 12.7. The molecule has 0 atom stereocenters. The molecule has 6 nitrogen and oxygen atoms in total. The third-order valence-electron chi connectivity index (χ3n) is 4.63. The van der Waals surface area contributed by atoms with Crippen LogP contribution in [0, 0.1) is 13.8 Å². The SMILES string of the molecule is CCN(CC)S(=O)(=O)c1cc(NC(=O)CCCOc2ccc(C)cc2)ccc1C. The largest absolute Gasteiger partial charge is 0.494 e. The molecule has 7 heteroatoms. The first-order chi connectivity index (χ1) is 13.8. The van der Waals surface area contributed by atoms with E-state index >= 15 is 0 Å². The monoisotopic (exact) mass is 418 g/mol. The van der Waals surface area contributed by atoms with Crippen molar-refractivity contribution in [3.63, 3.8) is 0 Å². The number of hydrogen-bond acceptors (Lipinski definition) is 4. The molecule has 2 aromatic rings. The van der Waals surface area contributed by atoms with Gasteiger partial charge in [-0.15, -0.1) is 0 Å². The molecule has 0 fully saturated rings. The molecule has 0 unspecified atom stereocenters. The van der Waals surface area contributed by atoms with Crippen LogP contribution < -0.4 is 10.1 Å². The number of ether oxygens (including phenoxy) is 1. The molecule has 0 aromatic heterocycles. The van der Waals surface area contributed by atoms with Crippen molar-refractivity contribution in [1.29, 1.82) is 0 Å². The number of aryl methyl sites for hydroxylation is 2. The quantitative estimate of drug-likeness (QED) is 0.589. The minimum atomic E-state index is -3.58. The molecule has 0 heterocycles. The van der Waals surface area contributed by atoms with Crippen LogP contribution in [0.3, 0.4) is 0 Å². The lowest BCUT2D eigenvalue weighted by Crippen LogP contribution is -2.31. The van der Waals surface area contributed by atoms with Crippen molar-refractivity contribution in [1.82, 2.24) is 4.31 Å². The van der Waals surface area contributed by atoms with Gasteiger partial charge in [0.15, 0.2) is 0 Å².